The zero-order valence-corrected chi connectivity index (χ0v) is 11.8. The fourth-order valence-electron chi connectivity index (χ4n) is 1.92. The molecule has 100 valence electrons. The number of aryl methyl sites for hydroxylation is 1. The molecule has 0 saturated carbocycles. The normalized spacial score (nSPS) is 21.3. The van der Waals surface area contributed by atoms with E-state index in [1.54, 1.807) is 14.0 Å². The first kappa shape index (κ1) is 13.4. The van der Waals surface area contributed by atoms with Crippen LogP contribution in [-0.2, 0) is 11.9 Å². The predicted octanol–water partition coefficient (Wildman–Crippen LogP) is 1.39. The lowest BCUT2D eigenvalue weighted by Crippen LogP contribution is -2.20. The number of nitrogens with zero attached hydrogens (tertiary/aromatic N) is 4. The highest BCUT2D eigenvalue weighted by Gasteiger charge is 2.34. The molecule has 0 aliphatic carbocycles. The molecule has 0 bridgehead atoms. The standard InChI is InChI=1S/C11H18N4O2S/c1-6(16)8-9(13-15(4)12-8)10(18)7-5-11(2,3)17-14-7/h6,10,16,18H,5H2,1-4H3. The van der Waals surface area contributed by atoms with Crippen molar-refractivity contribution >= 4 is 18.3 Å². The first-order valence-electron chi connectivity index (χ1n) is 5.82. The third-order valence-corrected chi connectivity index (χ3v) is 3.30. The minimum atomic E-state index is -0.681. The summed E-state index contributed by atoms with van der Waals surface area (Å²) in [7, 11) is 1.72. The number of aliphatic hydroxyl groups excluding tert-OH is 1. The van der Waals surface area contributed by atoms with Crippen LogP contribution >= 0.6 is 12.6 Å². The molecule has 7 heteroatoms. The molecule has 1 aliphatic heterocycles. The summed E-state index contributed by atoms with van der Waals surface area (Å²) in [6, 6.07) is 0. The summed E-state index contributed by atoms with van der Waals surface area (Å²) >= 11 is 4.53. The Labute approximate surface area is 111 Å². The van der Waals surface area contributed by atoms with E-state index in [4.69, 9.17) is 4.84 Å². The average molecular weight is 270 g/mol. The summed E-state index contributed by atoms with van der Waals surface area (Å²) in [5, 5.41) is 21.9. The first-order valence-corrected chi connectivity index (χ1v) is 6.34. The van der Waals surface area contributed by atoms with Crippen molar-refractivity contribution in [3.05, 3.63) is 11.4 Å². The van der Waals surface area contributed by atoms with Crippen LogP contribution in [0.2, 0.25) is 0 Å². The molecule has 1 aromatic rings. The number of oxime groups is 1. The van der Waals surface area contributed by atoms with Gasteiger partial charge in [0.25, 0.3) is 0 Å². The third-order valence-electron chi connectivity index (χ3n) is 2.75. The van der Waals surface area contributed by atoms with Gasteiger partial charge >= 0.3 is 0 Å². The summed E-state index contributed by atoms with van der Waals surface area (Å²) in [6.45, 7) is 5.59. The highest BCUT2D eigenvalue weighted by molar-refractivity contribution is 7.81. The lowest BCUT2D eigenvalue weighted by atomic mass is 9.98. The van der Waals surface area contributed by atoms with Gasteiger partial charge in [0.2, 0.25) is 0 Å². The van der Waals surface area contributed by atoms with E-state index in [9.17, 15) is 5.11 Å². The third kappa shape index (κ3) is 2.51. The molecule has 6 nitrogen and oxygen atoms in total. The number of aliphatic hydroxyl groups is 1. The second-order valence-electron chi connectivity index (χ2n) is 5.15. The Bertz CT molecular complexity index is 481. The molecule has 1 aromatic heterocycles. The van der Waals surface area contributed by atoms with Crippen molar-refractivity contribution in [3.8, 4) is 0 Å². The van der Waals surface area contributed by atoms with Crippen LogP contribution in [0.5, 0.6) is 0 Å². The zero-order chi connectivity index (χ0) is 13.5. The van der Waals surface area contributed by atoms with Crippen LogP contribution in [0.1, 0.15) is 49.9 Å². The molecule has 0 fully saturated rings. The first-order chi connectivity index (χ1) is 8.30. The highest BCUT2D eigenvalue weighted by Crippen LogP contribution is 2.33. The Kier molecular flexibility index (Phi) is 3.37. The van der Waals surface area contributed by atoms with E-state index in [-0.39, 0.29) is 10.9 Å². The van der Waals surface area contributed by atoms with Crippen LogP contribution in [0.4, 0.5) is 0 Å². The van der Waals surface area contributed by atoms with Gasteiger partial charge in [-0.2, -0.15) is 27.6 Å². The van der Waals surface area contributed by atoms with Gasteiger partial charge in [-0.3, -0.25) is 0 Å². The Morgan fingerprint density at radius 3 is 2.50 bits per heavy atom. The van der Waals surface area contributed by atoms with E-state index in [2.05, 4.69) is 28.0 Å². The number of hydrogen-bond donors (Lipinski definition) is 2. The number of hydrogen-bond acceptors (Lipinski definition) is 6. The number of thiol groups is 1. The van der Waals surface area contributed by atoms with E-state index in [1.165, 1.54) is 4.80 Å². The van der Waals surface area contributed by atoms with Crippen molar-refractivity contribution in [2.24, 2.45) is 12.2 Å². The molecule has 0 saturated heterocycles. The monoisotopic (exact) mass is 270 g/mol. The summed E-state index contributed by atoms with van der Waals surface area (Å²) in [5.41, 5.74) is 1.68. The lowest BCUT2D eigenvalue weighted by Gasteiger charge is -2.14. The van der Waals surface area contributed by atoms with Crippen LogP contribution < -0.4 is 0 Å². The Morgan fingerprint density at radius 2 is 2.00 bits per heavy atom. The molecule has 18 heavy (non-hydrogen) atoms. The van der Waals surface area contributed by atoms with Gasteiger partial charge in [0, 0.05) is 13.5 Å². The molecule has 2 unspecified atom stereocenters. The van der Waals surface area contributed by atoms with Crippen LogP contribution in [0.25, 0.3) is 0 Å². The van der Waals surface area contributed by atoms with Gasteiger partial charge in [0.15, 0.2) is 0 Å². The van der Waals surface area contributed by atoms with Crippen LogP contribution in [0.3, 0.4) is 0 Å². The fraction of sp³-hybridized carbons (Fsp3) is 0.727. The smallest absolute Gasteiger partial charge is 0.137 e. The second-order valence-corrected chi connectivity index (χ2v) is 5.67. The van der Waals surface area contributed by atoms with Crippen molar-refractivity contribution in [2.75, 3.05) is 0 Å². The number of rotatable bonds is 3. The van der Waals surface area contributed by atoms with Gasteiger partial charge in [-0.25, -0.2) is 0 Å². The molecule has 0 spiro atoms. The second kappa shape index (κ2) is 4.55. The molecule has 1 N–H and O–H groups in total. The quantitative estimate of drug-likeness (QED) is 0.814. The van der Waals surface area contributed by atoms with Crippen LogP contribution in [0, 0.1) is 0 Å². The van der Waals surface area contributed by atoms with E-state index in [1.807, 2.05) is 13.8 Å². The summed E-state index contributed by atoms with van der Waals surface area (Å²) < 4.78 is 0. The van der Waals surface area contributed by atoms with Gasteiger partial charge in [0.1, 0.15) is 17.0 Å². The molecular formula is C11H18N4O2S. The van der Waals surface area contributed by atoms with Crippen LogP contribution in [0.15, 0.2) is 5.16 Å². The molecule has 2 atom stereocenters. The Balaban J connectivity index is 2.27. The van der Waals surface area contributed by atoms with Gasteiger partial charge in [-0.1, -0.05) is 5.16 Å². The van der Waals surface area contributed by atoms with Gasteiger partial charge in [-0.15, -0.1) is 0 Å². The predicted molar refractivity (Wildman–Crippen MR) is 70.6 cm³/mol. The van der Waals surface area contributed by atoms with Crippen molar-refractivity contribution in [1.29, 1.82) is 0 Å². The largest absolute Gasteiger partial charge is 0.389 e. The maximum absolute atomic E-state index is 9.69. The SMILES string of the molecule is CC(O)c1nn(C)nc1C(S)C1=NOC(C)(C)C1. The molecule has 0 aromatic carbocycles. The fourth-order valence-corrected chi connectivity index (χ4v) is 2.24. The average Bonchev–Trinajstić information content (AvgIpc) is 2.80. The van der Waals surface area contributed by atoms with E-state index in [0.29, 0.717) is 17.8 Å². The van der Waals surface area contributed by atoms with Gasteiger partial charge in [-0.05, 0) is 20.8 Å². The van der Waals surface area contributed by atoms with Crippen molar-refractivity contribution in [2.45, 2.75) is 44.1 Å². The minimum Gasteiger partial charge on any atom is -0.389 e. The molecule has 2 heterocycles. The minimum absolute atomic E-state index is 0.301. The molecule has 0 amide bonds. The van der Waals surface area contributed by atoms with E-state index >= 15 is 0 Å². The van der Waals surface area contributed by atoms with Crippen molar-refractivity contribution in [1.82, 2.24) is 15.0 Å². The molecule has 2 rings (SSSR count). The van der Waals surface area contributed by atoms with Crippen molar-refractivity contribution < 1.29 is 9.94 Å². The number of aromatic nitrogens is 3. The summed E-state index contributed by atoms with van der Waals surface area (Å²) in [4.78, 5) is 6.76. The Hall–Kier alpha value is -1.08. The van der Waals surface area contributed by atoms with E-state index in [0.717, 1.165) is 5.71 Å². The van der Waals surface area contributed by atoms with Gasteiger partial charge < -0.3 is 9.94 Å². The lowest BCUT2D eigenvalue weighted by molar-refractivity contribution is 0.0123. The molecular weight excluding hydrogens is 252 g/mol. The van der Waals surface area contributed by atoms with Crippen molar-refractivity contribution in [3.63, 3.8) is 0 Å². The zero-order valence-electron chi connectivity index (χ0n) is 11.0. The van der Waals surface area contributed by atoms with E-state index < -0.39 is 6.10 Å². The molecule has 1 aliphatic rings. The molecule has 0 radical (unpaired) electrons. The summed E-state index contributed by atoms with van der Waals surface area (Å²) in [6.07, 6.45) is 0.0102. The van der Waals surface area contributed by atoms with Crippen LogP contribution in [-0.4, -0.2) is 31.4 Å². The highest BCUT2D eigenvalue weighted by atomic mass is 32.1. The Morgan fingerprint density at radius 1 is 1.39 bits per heavy atom. The van der Waals surface area contributed by atoms with Gasteiger partial charge in [0.05, 0.1) is 17.1 Å². The maximum atomic E-state index is 9.69. The maximum Gasteiger partial charge on any atom is 0.137 e. The topological polar surface area (TPSA) is 72.5 Å². The summed E-state index contributed by atoms with van der Waals surface area (Å²) in [5.74, 6) is 0.